The highest BCUT2D eigenvalue weighted by Crippen LogP contribution is 2.43. The Hall–Kier alpha value is -3.65. The largest absolute Gasteiger partial charge is 0.418 e. The molecule has 0 spiro atoms. The van der Waals surface area contributed by atoms with E-state index in [-0.39, 0.29) is 48.4 Å². The van der Waals surface area contributed by atoms with Crippen LogP contribution in [0.5, 0.6) is 0 Å². The Kier molecular flexibility index (Phi) is 8.46. The molecule has 226 valence electrons. The maximum Gasteiger partial charge on any atom is 0.418 e. The maximum absolute atomic E-state index is 14.1. The lowest BCUT2D eigenvalue weighted by atomic mass is 9.72. The van der Waals surface area contributed by atoms with E-state index in [1.807, 2.05) is 23.7 Å². The number of nitrogens with zero attached hydrogens (tertiary/aromatic N) is 4. The minimum Gasteiger partial charge on any atom is -0.360 e. The lowest BCUT2D eigenvalue weighted by Crippen LogP contribution is -2.31. The second kappa shape index (κ2) is 11.9. The van der Waals surface area contributed by atoms with Crippen LogP contribution in [0.3, 0.4) is 0 Å². The van der Waals surface area contributed by atoms with Crippen LogP contribution in [-0.2, 0) is 28.3 Å². The van der Waals surface area contributed by atoms with Gasteiger partial charge in [-0.2, -0.15) is 17.5 Å². The summed E-state index contributed by atoms with van der Waals surface area (Å²) < 4.78 is 69.7. The molecule has 14 heteroatoms. The SMILES string of the molecule is CNC(=O)Cc1cc(N/C=C2\NC=C(CN3CCCS3(=O)=O)C=C2C(F)(F)F)cc([C@H](c2nncn2C)C2CCC2)c1. The normalized spacial score (nSPS) is 20.8. The van der Waals surface area contributed by atoms with Crippen molar-refractivity contribution in [3.63, 3.8) is 0 Å². The zero-order chi connectivity index (χ0) is 30.1. The van der Waals surface area contributed by atoms with Crippen molar-refractivity contribution in [3.05, 3.63) is 76.8 Å². The van der Waals surface area contributed by atoms with Gasteiger partial charge in [-0.1, -0.05) is 12.5 Å². The number of likely N-dealkylation sites (N-methyl/N-ethyl adjacent to an activating group) is 1. The van der Waals surface area contributed by atoms with Gasteiger partial charge in [0.05, 0.1) is 23.4 Å². The van der Waals surface area contributed by atoms with Crippen LogP contribution >= 0.6 is 0 Å². The van der Waals surface area contributed by atoms with Gasteiger partial charge in [0.15, 0.2) is 0 Å². The van der Waals surface area contributed by atoms with E-state index in [1.165, 1.54) is 16.7 Å². The average Bonchev–Trinajstić information content (AvgIpc) is 3.48. The molecule has 2 aliphatic heterocycles. The maximum atomic E-state index is 14.1. The summed E-state index contributed by atoms with van der Waals surface area (Å²) in [6.45, 7) is 0.148. The first-order valence-corrected chi connectivity index (χ1v) is 15.4. The third-order valence-corrected chi connectivity index (χ3v) is 9.85. The molecule has 10 nitrogen and oxygen atoms in total. The molecule has 1 amide bonds. The quantitative estimate of drug-likeness (QED) is 0.401. The summed E-state index contributed by atoms with van der Waals surface area (Å²) in [6, 6.07) is 5.57. The first-order valence-electron chi connectivity index (χ1n) is 13.8. The van der Waals surface area contributed by atoms with E-state index in [0.29, 0.717) is 23.6 Å². The van der Waals surface area contributed by atoms with Crippen LogP contribution in [0.15, 0.2) is 59.8 Å². The molecule has 3 aliphatic rings. The van der Waals surface area contributed by atoms with E-state index in [0.717, 1.165) is 36.7 Å². The summed E-state index contributed by atoms with van der Waals surface area (Å²) in [5, 5.41) is 16.7. The summed E-state index contributed by atoms with van der Waals surface area (Å²) in [5.74, 6) is 0.837. The van der Waals surface area contributed by atoms with Crippen LogP contribution < -0.4 is 16.0 Å². The van der Waals surface area contributed by atoms with Crippen LogP contribution in [0.2, 0.25) is 0 Å². The van der Waals surface area contributed by atoms with Gasteiger partial charge in [-0.15, -0.1) is 10.2 Å². The molecule has 5 rings (SSSR count). The van der Waals surface area contributed by atoms with Crippen LogP contribution in [0.4, 0.5) is 18.9 Å². The number of anilines is 1. The lowest BCUT2D eigenvalue weighted by molar-refractivity contribution is -0.119. The number of amides is 1. The number of hydrogen-bond acceptors (Lipinski definition) is 7. The van der Waals surface area contributed by atoms with Gasteiger partial charge in [0.1, 0.15) is 12.2 Å². The molecule has 3 N–H and O–H groups in total. The topological polar surface area (TPSA) is 121 Å². The highest BCUT2D eigenvalue weighted by atomic mass is 32.2. The van der Waals surface area contributed by atoms with Crippen LogP contribution in [0.1, 0.15) is 48.6 Å². The summed E-state index contributed by atoms with van der Waals surface area (Å²) in [5.41, 5.74) is 1.21. The number of dihydropyridines is 1. The Labute approximate surface area is 242 Å². The van der Waals surface area contributed by atoms with Crippen molar-refractivity contribution in [2.45, 2.75) is 44.2 Å². The Morgan fingerprint density at radius 3 is 2.62 bits per heavy atom. The van der Waals surface area contributed by atoms with Crippen molar-refractivity contribution in [2.24, 2.45) is 13.0 Å². The van der Waals surface area contributed by atoms with Gasteiger partial charge in [-0.25, -0.2) is 8.42 Å². The molecule has 2 fully saturated rings. The molecule has 1 aromatic carbocycles. The molecule has 3 heterocycles. The zero-order valence-corrected chi connectivity index (χ0v) is 24.2. The number of benzene rings is 1. The van der Waals surface area contributed by atoms with Gasteiger partial charge < -0.3 is 20.5 Å². The first-order chi connectivity index (χ1) is 19.9. The van der Waals surface area contributed by atoms with E-state index in [2.05, 4.69) is 26.1 Å². The summed E-state index contributed by atoms with van der Waals surface area (Å²) >= 11 is 0. The Morgan fingerprint density at radius 1 is 1.24 bits per heavy atom. The van der Waals surface area contributed by atoms with Crippen molar-refractivity contribution in [3.8, 4) is 0 Å². The monoisotopic (exact) mass is 605 g/mol. The fourth-order valence-corrected chi connectivity index (χ4v) is 7.07. The van der Waals surface area contributed by atoms with E-state index in [4.69, 9.17) is 0 Å². The molecule has 1 saturated carbocycles. The molecular weight excluding hydrogens is 571 g/mol. The molecule has 0 radical (unpaired) electrons. The highest BCUT2D eigenvalue weighted by molar-refractivity contribution is 7.89. The zero-order valence-electron chi connectivity index (χ0n) is 23.4. The van der Waals surface area contributed by atoms with Crippen LogP contribution in [-0.4, -0.2) is 65.5 Å². The fraction of sp³-hybridized carbons (Fsp3) is 0.464. The number of aromatic nitrogens is 3. The number of alkyl halides is 3. The Morgan fingerprint density at radius 2 is 2.02 bits per heavy atom. The predicted molar refractivity (Wildman–Crippen MR) is 151 cm³/mol. The van der Waals surface area contributed by atoms with Crippen LogP contribution in [0, 0.1) is 5.92 Å². The molecule has 1 aromatic heterocycles. The highest BCUT2D eigenvalue weighted by Gasteiger charge is 2.38. The number of nitrogens with one attached hydrogen (secondary N) is 3. The van der Waals surface area contributed by atoms with Crippen molar-refractivity contribution in [2.75, 3.05) is 31.2 Å². The molecule has 0 unspecified atom stereocenters. The van der Waals surface area contributed by atoms with Gasteiger partial charge in [-0.3, -0.25) is 4.79 Å². The molecule has 1 atom stereocenters. The van der Waals surface area contributed by atoms with Gasteiger partial charge >= 0.3 is 6.18 Å². The van der Waals surface area contributed by atoms with E-state index < -0.39 is 21.8 Å². The van der Waals surface area contributed by atoms with E-state index in [1.54, 1.807) is 19.4 Å². The second-order valence-electron chi connectivity index (χ2n) is 10.9. The van der Waals surface area contributed by atoms with Crippen molar-refractivity contribution < 1.29 is 26.4 Å². The van der Waals surface area contributed by atoms with E-state index >= 15 is 0 Å². The average molecular weight is 606 g/mol. The van der Waals surface area contributed by atoms with E-state index in [9.17, 15) is 26.4 Å². The summed E-state index contributed by atoms with van der Waals surface area (Å²) in [7, 11) is -0.0361. The minimum atomic E-state index is -4.68. The number of rotatable bonds is 9. The number of carbonyl (C=O) groups excluding carboxylic acids is 1. The third kappa shape index (κ3) is 6.54. The van der Waals surface area contributed by atoms with Gasteiger partial charge in [0.2, 0.25) is 15.9 Å². The minimum absolute atomic E-state index is 0.00213. The predicted octanol–water partition coefficient (Wildman–Crippen LogP) is 3.30. The van der Waals surface area contributed by atoms with Crippen LogP contribution in [0.25, 0.3) is 0 Å². The first kappa shape index (κ1) is 29.8. The number of halogens is 3. The number of allylic oxidation sites excluding steroid dienone is 1. The van der Waals surface area contributed by atoms with Crippen molar-refractivity contribution >= 4 is 21.6 Å². The standard InChI is InChI=1S/C28H34F3N7O3S/c1-32-25(39)12-18-9-21(26(20-5-3-6-20)27-36-35-17-37(27)2)13-22(10-18)33-15-24-23(28(29,30)31)11-19(14-34-24)16-38-7-4-8-42(38,40)41/h9-11,13-15,17,20,26,33-34H,3-8,12,16H2,1-2H3,(H,32,39)/b24-15-/t26-/m1/s1. The van der Waals surface area contributed by atoms with Crippen molar-refractivity contribution in [1.29, 1.82) is 0 Å². The lowest BCUT2D eigenvalue weighted by Gasteiger charge is -2.34. The Bertz CT molecular complexity index is 1540. The number of sulfonamides is 1. The van der Waals surface area contributed by atoms with Gasteiger partial charge in [0.25, 0.3) is 0 Å². The number of hydrogen-bond donors (Lipinski definition) is 3. The molecule has 42 heavy (non-hydrogen) atoms. The molecule has 2 aromatic rings. The molecular formula is C28H34F3N7O3S. The summed E-state index contributed by atoms with van der Waals surface area (Å²) in [4.78, 5) is 12.3. The van der Waals surface area contributed by atoms with Gasteiger partial charge in [-0.05, 0) is 60.1 Å². The number of carbonyl (C=O) groups is 1. The molecule has 1 saturated heterocycles. The van der Waals surface area contributed by atoms with Gasteiger partial charge in [0, 0.05) is 51.2 Å². The smallest absolute Gasteiger partial charge is 0.360 e. The molecule has 0 bridgehead atoms. The number of aryl methyl sites for hydroxylation is 1. The fourth-order valence-electron chi connectivity index (χ4n) is 5.56. The summed E-state index contributed by atoms with van der Waals surface area (Å²) in [6.07, 6.45) is 4.25. The molecule has 1 aliphatic carbocycles. The third-order valence-electron chi connectivity index (χ3n) is 7.95. The second-order valence-corrected chi connectivity index (χ2v) is 13.0. The Balaban J connectivity index is 1.45. The van der Waals surface area contributed by atoms with Crippen molar-refractivity contribution in [1.82, 2.24) is 29.7 Å².